The molecule has 0 radical (unpaired) electrons. The van der Waals surface area contributed by atoms with Gasteiger partial charge >= 0.3 is 6.18 Å². The SMILES string of the molecule is FC(F)(F)c1ccc(-c2ccc3c(c2)C2C[C@H]3CCN2CCc2ccccc2)cc1. The minimum atomic E-state index is -4.30. The molecule has 3 aromatic rings. The first-order chi connectivity index (χ1) is 14.5. The second-order valence-electron chi connectivity index (χ2n) is 8.43. The summed E-state index contributed by atoms with van der Waals surface area (Å²) in [5.41, 5.74) is 5.38. The fourth-order valence-electron chi connectivity index (χ4n) is 5.07. The van der Waals surface area contributed by atoms with Crippen molar-refractivity contribution < 1.29 is 13.2 Å². The molecule has 0 spiro atoms. The van der Waals surface area contributed by atoms with E-state index in [2.05, 4.69) is 47.4 Å². The summed E-state index contributed by atoms with van der Waals surface area (Å²) in [7, 11) is 0. The van der Waals surface area contributed by atoms with E-state index in [1.54, 1.807) is 12.1 Å². The van der Waals surface area contributed by atoms with Gasteiger partial charge in [0.05, 0.1) is 5.56 Å². The second-order valence-corrected chi connectivity index (χ2v) is 8.43. The molecule has 1 aliphatic carbocycles. The molecule has 1 nitrogen and oxygen atoms in total. The molecule has 2 aliphatic rings. The Labute approximate surface area is 175 Å². The quantitative estimate of drug-likeness (QED) is 0.457. The van der Waals surface area contributed by atoms with Crippen LogP contribution in [0.4, 0.5) is 13.2 Å². The van der Waals surface area contributed by atoms with Gasteiger partial charge in [-0.2, -0.15) is 13.2 Å². The maximum atomic E-state index is 12.9. The average Bonchev–Trinajstić information content (AvgIpc) is 3.05. The molecule has 0 amide bonds. The van der Waals surface area contributed by atoms with Crippen molar-refractivity contribution in [2.45, 2.75) is 37.4 Å². The fourth-order valence-corrected chi connectivity index (χ4v) is 5.07. The lowest BCUT2D eigenvalue weighted by Gasteiger charge is -2.33. The van der Waals surface area contributed by atoms with E-state index in [0.717, 1.165) is 37.1 Å². The second kappa shape index (κ2) is 7.59. The number of halogens is 3. The Morgan fingerprint density at radius 2 is 1.57 bits per heavy atom. The van der Waals surface area contributed by atoms with Crippen LogP contribution in [0.5, 0.6) is 0 Å². The van der Waals surface area contributed by atoms with E-state index >= 15 is 0 Å². The third-order valence-electron chi connectivity index (χ3n) is 6.68. The third kappa shape index (κ3) is 3.65. The number of piperidine rings is 1. The van der Waals surface area contributed by atoms with Crippen molar-refractivity contribution in [2.24, 2.45) is 0 Å². The lowest BCUT2D eigenvalue weighted by atomic mass is 9.94. The third-order valence-corrected chi connectivity index (χ3v) is 6.68. The van der Waals surface area contributed by atoms with Crippen molar-refractivity contribution >= 4 is 0 Å². The van der Waals surface area contributed by atoms with E-state index in [1.807, 2.05) is 6.07 Å². The van der Waals surface area contributed by atoms with Gasteiger partial charge in [-0.25, -0.2) is 0 Å². The van der Waals surface area contributed by atoms with Gasteiger partial charge in [0.15, 0.2) is 0 Å². The molecule has 2 atom stereocenters. The topological polar surface area (TPSA) is 3.24 Å². The van der Waals surface area contributed by atoms with Crippen molar-refractivity contribution in [3.05, 3.63) is 95.1 Å². The number of rotatable bonds is 4. The predicted octanol–water partition coefficient (Wildman–Crippen LogP) is 6.85. The zero-order valence-corrected chi connectivity index (χ0v) is 16.7. The Balaban J connectivity index is 1.39. The minimum absolute atomic E-state index is 0.414. The minimum Gasteiger partial charge on any atom is -0.296 e. The van der Waals surface area contributed by atoms with Crippen molar-refractivity contribution in [3.8, 4) is 11.1 Å². The normalized spacial score (nSPS) is 20.9. The standard InChI is InChI=1S/C26H24F3N/c27-26(28,29)22-9-6-19(7-10-22)20-8-11-23-21-13-15-30(25(17-21)24(23)16-20)14-12-18-4-2-1-3-5-18/h1-11,16,21,25H,12-15,17H2/t21-,25?/m1/s1. The molecule has 1 fully saturated rings. The van der Waals surface area contributed by atoms with Crippen molar-refractivity contribution in [3.63, 3.8) is 0 Å². The monoisotopic (exact) mass is 407 g/mol. The largest absolute Gasteiger partial charge is 0.416 e. The molecule has 1 unspecified atom stereocenters. The van der Waals surface area contributed by atoms with E-state index in [1.165, 1.54) is 35.2 Å². The van der Waals surface area contributed by atoms with Gasteiger partial charge in [-0.05, 0) is 77.7 Å². The van der Waals surface area contributed by atoms with Gasteiger partial charge in [0.25, 0.3) is 0 Å². The number of hydrogen-bond donors (Lipinski definition) is 0. The number of alkyl halides is 3. The highest BCUT2D eigenvalue weighted by atomic mass is 19.4. The highest BCUT2D eigenvalue weighted by Gasteiger charge is 2.38. The number of hydrogen-bond acceptors (Lipinski definition) is 1. The first kappa shape index (κ1) is 19.4. The van der Waals surface area contributed by atoms with Crippen LogP contribution in [0.25, 0.3) is 11.1 Å². The Morgan fingerprint density at radius 1 is 0.833 bits per heavy atom. The van der Waals surface area contributed by atoms with Crippen LogP contribution in [-0.2, 0) is 12.6 Å². The summed E-state index contributed by atoms with van der Waals surface area (Å²) >= 11 is 0. The summed E-state index contributed by atoms with van der Waals surface area (Å²) in [5.74, 6) is 0.611. The van der Waals surface area contributed by atoms with E-state index in [-0.39, 0.29) is 0 Å². The molecule has 0 saturated carbocycles. The van der Waals surface area contributed by atoms with Gasteiger partial charge in [0.1, 0.15) is 0 Å². The zero-order chi connectivity index (χ0) is 20.7. The van der Waals surface area contributed by atoms with Crippen molar-refractivity contribution in [2.75, 3.05) is 13.1 Å². The molecule has 0 aromatic heterocycles. The molecule has 5 rings (SSSR count). The van der Waals surface area contributed by atoms with Crippen LogP contribution in [-0.4, -0.2) is 18.0 Å². The van der Waals surface area contributed by atoms with Crippen molar-refractivity contribution in [1.29, 1.82) is 0 Å². The summed E-state index contributed by atoms with van der Waals surface area (Å²) in [6.45, 7) is 2.14. The lowest BCUT2D eigenvalue weighted by Crippen LogP contribution is -2.33. The van der Waals surface area contributed by atoms with Crippen LogP contribution in [0.1, 0.15) is 47.1 Å². The van der Waals surface area contributed by atoms with Gasteiger partial charge in [0.2, 0.25) is 0 Å². The number of fused-ring (bicyclic) bond motifs is 5. The van der Waals surface area contributed by atoms with Gasteiger partial charge in [-0.1, -0.05) is 54.6 Å². The van der Waals surface area contributed by atoms with E-state index in [4.69, 9.17) is 0 Å². The zero-order valence-electron chi connectivity index (χ0n) is 16.7. The molecule has 154 valence electrons. The maximum absolute atomic E-state index is 12.9. The van der Waals surface area contributed by atoms with Crippen LogP contribution in [0.15, 0.2) is 72.8 Å². The highest BCUT2D eigenvalue weighted by Crippen LogP contribution is 2.49. The molecule has 1 saturated heterocycles. The summed E-state index contributed by atoms with van der Waals surface area (Å²) in [6.07, 6.45) is -0.929. The molecule has 2 bridgehead atoms. The van der Waals surface area contributed by atoms with E-state index in [9.17, 15) is 13.2 Å². The molecule has 3 aromatic carbocycles. The molecule has 4 heteroatoms. The predicted molar refractivity (Wildman–Crippen MR) is 113 cm³/mol. The Kier molecular flexibility index (Phi) is 4.90. The van der Waals surface area contributed by atoms with Gasteiger partial charge < -0.3 is 0 Å². The molecule has 0 N–H and O–H groups in total. The maximum Gasteiger partial charge on any atom is 0.416 e. The smallest absolute Gasteiger partial charge is 0.296 e. The van der Waals surface area contributed by atoms with Crippen LogP contribution < -0.4 is 0 Å². The van der Waals surface area contributed by atoms with E-state index in [0.29, 0.717) is 12.0 Å². The first-order valence-electron chi connectivity index (χ1n) is 10.6. The number of benzene rings is 3. The molecular formula is C26H24F3N. The van der Waals surface area contributed by atoms with E-state index < -0.39 is 11.7 Å². The van der Waals surface area contributed by atoms with Crippen LogP contribution >= 0.6 is 0 Å². The highest BCUT2D eigenvalue weighted by molar-refractivity contribution is 5.66. The van der Waals surface area contributed by atoms with Gasteiger partial charge in [-0.3, -0.25) is 4.90 Å². The van der Waals surface area contributed by atoms with Crippen LogP contribution in [0, 0.1) is 0 Å². The molecule has 1 heterocycles. The Bertz CT molecular complexity index is 1020. The lowest BCUT2D eigenvalue weighted by molar-refractivity contribution is -0.137. The van der Waals surface area contributed by atoms with Crippen LogP contribution in [0.3, 0.4) is 0 Å². The van der Waals surface area contributed by atoms with Crippen LogP contribution in [0.2, 0.25) is 0 Å². The Hall–Kier alpha value is -2.59. The Morgan fingerprint density at radius 3 is 2.30 bits per heavy atom. The summed E-state index contributed by atoms with van der Waals surface area (Å²) in [6, 6.07) is 23.0. The van der Waals surface area contributed by atoms with Crippen molar-refractivity contribution in [1.82, 2.24) is 4.90 Å². The molecule has 1 aliphatic heterocycles. The summed E-state index contributed by atoms with van der Waals surface area (Å²) in [4.78, 5) is 2.59. The first-order valence-corrected chi connectivity index (χ1v) is 10.6. The molecular weight excluding hydrogens is 383 g/mol. The summed E-state index contributed by atoms with van der Waals surface area (Å²) in [5, 5.41) is 0. The van der Waals surface area contributed by atoms with Gasteiger partial charge in [0, 0.05) is 12.6 Å². The molecule has 30 heavy (non-hydrogen) atoms. The summed E-state index contributed by atoms with van der Waals surface area (Å²) < 4.78 is 38.6. The average molecular weight is 407 g/mol. The number of likely N-dealkylation sites (tertiary alicyclic amines) is 1. The number of nitrogens with zero attached hydrogens (tertiary/aromatic N) is 1. The van der Waals surface area contributed by atoms with Gasteiger partial charge in [-0.15, -0.1) is 0 Å². The fraction of sp³-hybridized carbons (Fsp3) is 0.308.